The first-order chi connectivity index (χ1) is 13.8. The van der Waals surface area contributed by atoms with Crippen LogP contribution < -0.4 is 10.1 Å². The standard InChI is InChI=1S/C19H15F6NO4/c1-10(16(27)26-14-5-3-4-6-15(14)29-2)30-17(28)11-7-12(18(20,21)22)9-13(8-11)19(23,24)25/h3-10H,1-2H3,(H,26,27). The Bertz CT molecular complexity index is 907. The molecule has 11 heteroatoms. The zero-order chi connectivity index (χ0) is 22.7. The van der Waals surface area contributed by atoms with Crippen molar-refractivity contribution in [2.45, 2.75) is 25.4 Å². The molecule has 0 aliphatic rings. The van der Waals surface area contributed by atoms with Crippen LogP contribution in [-0.2, 0) is 21.9 Å². The lowest BCUT2D eigenvalue weighted by molar-refractivity contribution is -0.143. The quantitative estimate of drug-likeness (QED) is 0.535. The fourth-order valence-electron chi connectivity index (χ4n) is 2.34. The zero-order valence-corrected chi connectivity index (χ0v) is 15.5. The number of methoxy groups -OCH3 is 1. The molecule has 0 aromatic heterocycles. The summed E-state index contributed by atoms with van der Waals surface area (Å²) in [6.45, 7) is 1.11. The number of nitrogens with one attached hydrogen (secondary N) is 1. The molecule has 30 heavy (non-hydrogen) atoms. The van der Waals surface area contributed by atoms with Crippen molar-refractivity contribution in [1.82, 2.24) is 0 Å². The number of esters is 1. The van der Waals surface area contributed by atoms with Gasteiger partial charge in [0.2, 0.25) is 0 Å². The minimum Gasteiger partial charge on any atom is -0.495 e. The first-order valence-corrected chi connectivity index (χ1v) is 8.27. The van der Waals surface area contributed by atoms with Crippen molar-refractivity contribution in [2.24, 2.45) is 0 Å². The third-order valence-electron chi connectivity index (χ3n) is 3.84. The van der Waals surface area contributed by atoms with Crippen LogP contribution in [0.2, 0.25) is 0 Å². The lowest BCUT2D eigenvalue weighted by Gasteiger charge is -2.17. The monoisotopic (exact) mass is 435 g/mol. The summed E-state index contributed by atoms with van der Waals surface area (Å²) in [4.78, 5) is 24.3. The Balaban J connectivity index is 2.23. The van der Waals surface area contributed by atoms with Gasteiger partial charge >= 0.3 is 18.3 Å². The van der Waals surface area contributed by atoms with Crippen LogP contribution in [0, 0.1) is 0 Å². The van der Waals surface area contributed by atoms with Crippen molar-refractivity contribution in [3.8, 4) is 5.75 Å². The van der Waals surface area contributed by atoms with E-state index >= 15 is 0 Å². The second kappa shape index (κ2) is 8.64. The van der Waals surface area contributed by atoms with Gasteiger partial charge in [0.05, 0.1) is 29.5 Å². The van der Waals surface area contributed by atoms with Crippen molar-refractivity contribution in [1.29, 1.82) is 0 Å². The van der Waals surface area contributed by atoms with E-state index in [1.165, 1.54) is 19.2 Å². The molecule has 0 fully saturated rings. The van der Waals surface area contributed by atoms with Crippen LogP contribution in [0.25, 0.3) is 0 Å². The summed E-state index contributed by atoms with van der Waals surface area (Å²) < 4.78 is 87.2. The summed E-state index contributed by atoms with van der Waals surface area (Å²) in [6.07, 6.45) is -11.8. The predicted octanol–water partition coefficient (Wildman–Crippen LogP) is 4.92. The molecule has 0 heterocycles. The SMILES string of the molecule is COc1ccccc1NC(=O)C(C)OC(=O)c1cc(C(F)(F)F)cc(C(F)(F)F)c1. The number of hydrogen-bond donors (Lipinski definition) is 1. The molecule has 0 aliphatic carbocycles. The van der Waals surface area contributed by atoms with Gasteiger partial charge in [0, 0.05) is 0 Å². The van der Waals surface area contributed by atoms with Crippen molar-refractivity contribution in [3.63, 3.8) is 0 Å². The minimum absolute atomic E-state index is 0.116. The second-order valence-electron chi connectivity index (χ2n) is 6.03. The van der Waals surface area contributed by atoms with Gasteiger partial charge < -0.3 is 14.8 Å². The highest BCUT2D eigenvalue weighted by Gasteiger charge is 2.38. The largest absolute Gasteiger partial charge is 0.495 e. The minimum atomic E-state index is -5.12. The molecule has 162 valence electrons. The maximum Gasteiger partial charge on any atom is 0.416 e. The van der Waals surface area contributed by atoms with E-state index in [9.17, 15) is 35.9 Å². The molecular formula is C19H15F6NO4. The third-order valence-corrected chi connectivity index (χ3v) is 3.84. The van der Waals surface area contributed by atoms with Gasteiger partial charge in [-0.3, -0.25) is 4.79 Å². The topological polar surface area (TPSA) is 64.6 Å². The summed E-state index contributed by atoms with van der Waals surface area (Å²) in [6, 6.07) is 6.56. The van der Waals surface area contributed by atoms with Gasteiger partial charge in [-0.25, -0.2) is 4.79 Å². The van der Waals surface area contributed by atoms with Gasteiger partial charge in [-0.15, -0.1) is 0 Å². The van der Waals surface area contributed by atoms with Crippen molar-refractivity contribution >= 4 is 17.6 Å². The third kappa shape index (κ3) is 5.65. The number of hydrogen-bond acceptors (Lipinski definition) is 4. The molecule has 0 radical (unpaired) electrons. The zero-order valence-electron chi connectivity index (χ0n) is 15.5. The van der Waals surface area contributed by atoms with E-state index in [1.54, 1.807) is 12.1 Å². The highest BCUT2D eigenvalue weighted by atomic mass is 19.4. The Morgan fingerprint density at radius 1 is 0.933 bits per heavy atom. The van der Waals surface area contributed by atoms with Crippen LogP contribution in [-0.4, -0.2) is 25.1 Å². The van der Waals surface area contributed by atoms with Gasteiger partial charge in [-0.05, 0) is 37.3 Å². The number of para-hydroxylation sites is 2. The van der Waals surface area contributed by atoms with Crippen molar-refractivity contribution < 1.29 is 45.4 Å². The number of halogens is 6. The Kier molecular flexibility index (Phi) is 6.63. The van der Waals surface area contributed by atoms with E-state index in [4.69, 9.17) is 9.47 Å². The molecule has 0 saturated heterocycles. The van der Waals surface area contributed by atoms with Crippen molar-refractivity contribution in [2.75, 3.05) is 12.4 Å². The van der Waals surface area contributed by atoms with E-state index in [1.807, 2.05) is 0 Å². The molecule has 0 bridgehead atoms. The van der Waals surface area contributed by atoms with Crippen molar-refractivity contribution in [3.05, 3.63) is 59.2 Å². The maximum absolute atomic E-state index is 12.9. The highest BCUT2D eigenvalue weighted by Crippen LogP contribution is 2.36. The van der Waals surface area contributed by atoms with E-state index in [0.717, 1.165) is 6.92 Å². The van der Waals surface area contributed by atoms with Crippen LogP contribution in [0.3, 0.4) is 0 Å². The summed E-state index contributed by atoms with van der Waals surface area (Å²) in [5, 5.41) is 2.39. The molecule has 1 amide bonds. The van der Waals surface area contributed by atoms with Gasteiger partial charge in [-0.2, -0.15) is 26.3 Å². The molecule has 0 saturated carbocycles. The maximum atomic E-state index is 12.9. The molecule has 2 aromatic carbocycles. The number of carbonyl (C=O) groups is 2. The number of ether oxygens (including phenoxy) is 2. The second-order valence-corrected chi connectivity index (χ2v) is 6.03. The smallest absolute Gasteiger partial charge is 0.416 e. The predicted molar refractivity (Wildman–Crippen MR) is 92.9 cm³/mol. The fourth-order valence-corrected chi connectivity index (χ4v) is 2.34. The fraction of sp³-hybridized carbons (Fsp3) is 0.263. The average molecular weight is 435 g/mol. The van der Waals surface area contributed by atoms with Gasteiger partial charge in [0.15, 0.2) is 6.10 Å². The molecule has 0 spiro atoms. The summed E-state index contributed by atoms with van der Waals surface area (Å²) in [5.41, 5.74) is -4.11. The van der Waals surface area contributed by atoms with E-state index in [0.29, 0.717) is 0 Å². The first-order valence-electron chi connectivity index (χ1n) is 8.27. The van der Waals surface area contributed by atoms with Crippen LogP contribution in [0.4, 0.5) is 32.0 Å². The lowest BCUT2D eigenvalue weighted by atomic mass is 10.0. The van der Waals surface area contributed by atoms with Crippen LogP contribution in [0.5, 0.6) is 5.75 Å². The number of anilines is 1. The Hall–Kier alpha value is -3.24. The molecule has 2 aromatic rings. The molecule has 2 rings (SSSR count). The van der Waals surface area contributed by atoms with Crippen LogP contribution in [0.15, 0.2) is 42.5 Å². The van der Waals surface area contributed by atoms with E-state index in [-0.39, 0.29) is 29.6 Å². The molecular weight excluding hydrogens is 420 g/mol. The summed E-state index contributed by atoms with van der Waals surface area (Å²) in [7, 11) is 1.35. The first kappa shape index (κ1) is 23.0. The molecule has 1 N–H and O–H groups in total. The number of alkyl halides is 6. The lowest BCUT2D eigenvalue weighted by Crippen LogP contribution is -2.30. The van der Waals surface area contributed by atoms with Gasteiger partial charge in [0.25, 0.3) is 5.91 Å². The molecule has 1 atom stereocenters. The number of carbonyl (C=O) groups excluding carboxylic acids is 2. The van der Waals surface area contributed by atoms with Crippen LogP contribution >= 0.6 is 0 Å². The Morgan fingerprint density at radius 2 is 1.47 bits per heavy atom. The number of benzene rings is 2. The number of amides is 1. The highest BCUT2D eigenvalue weighted by molar-refractivity contribution is 5.98. The van der Waals surface area contributed by atoms with Gasteiger partial charge in [-0.1, -0.05) is 12.1 Å². The average Bonchev–Trinajstić information content (AvgIpc) is 2.66. The molecule has 5 nitrogen and oxygen atoms in total. The molecule has 1 unspecified atom stereocenters. The molecule has 0 aliphatic heterocycles. The number of rotatable bonds is 5. The van der Waals surface area contributed by atoms with Gasteiger partial charge in [0.1, 0.15) is 5.75 Å². The van der Waals surface area contributed by atoms with E-state index in [2.05, 4.69) is 5.32 Å². The van der Waals surface area contributed by atoms with Crippen LogP contribution in [0.1, 0.15) is 28.4 Å². The Labute approximate surface area is 166 Å². The Morgan fingerprint density at radius 3 is 1.97 bits per heavy atom. The van der Waals surface area contributed by atoms with E-state index < -0.39 is 47.0 Å². The summed E-state index contributed by atoms with van der Waals surface area (Å²) in [5.74, 6) is -2.10. The normalized spacial score (nSPS) is 12.8. The summed E-state index contributed by atoms with van der Waals surface area (Å²) >= 11 is 0.